The smallest absolute Gasteiger partial charge is 0.0894 e. The Bertz CT molecular complexity index is 134. The molecule has 0 nitrogen and oxygen atoms in total. The maximum absolute atomic E-state index is 11.9. The van der Waals surface area contributed by atoms with Crippen molar-refractivity contribution < 1.29 is 4.39 Å². The highest BCUT2D eigenvalue weighted by Gasteiger charge is 1.94. The van der Waals surface area contributed by atoms with E-state index in [4.69, 9.17) is 0 Å². The van der Waals surface area contributed by atoms with E-state index in [2.05, 4.69) is 12.6 Å². The van der Waals surface area contributed by atoms with Gasteiger partial charge in [-0.15, -0.1) is 0 Å². The molecule has 19 heavy (non-hydrogen) atoms. The summed E-state index contributed by atoms with van der Waals surface area (Å²) >= 11 is 4.23. The Labute approximate surface area is 126 Å². The van der Waals surface area contributed by atoms with Crippen molar-refractivity contribution in [2.75, 3.05) is 12.4 Å². The van der Waals surface area contributed by atoms with E-state index in [1.165, 1.54) is 83.5 Å². The monoisotopic (exact) mass is 290 g/mol. The van der Waals surface area contributed by atoms with Crippen LogP contribution in [0.2, 0.25) is 0 Å². The topological polar surface area (TPSA) is 0 Å². The Morgan fingerprint density at radius 1 is 0.421 bits per heavy atom. The van der Waals surface area contributed by atoms with Crippen molar-refractivity contribution >= 4 is 12.6 Å². The fourth-order valence-corrected chi connectivity index (χ4v) is 2.73. The second kappa shape index (κ2) is 18.3. The predicted molar refractivity (Wildman–Crippen MR) is 89.1 cm³/mol. The molecule has 0 saturated carbocycles. The zero-order valence-corrected chi connectivity index (χ0v) is 13.7. The fraction of sp³-hybridized carbons (Fsp3) is 1.00. The van der Waals surface area contributed by atoms with Crippen LogP contribution in [0.3, 0.4) is 0 Å². The molecule has 0 aromatic heterocycles. The molecule has 0 amide bonds. The first-order chi connectivity index (χ1) is 9.41. The van der Waals surface area contributed by atoms with E-state index >= 15 is 0 Å². The first-order valence-electron chi connectivity index (χ1n) is 8.58. The van der Waals surface area contributed by atoms with Gasteiger partial charge in [0.15, 0.2) is 0 Å². The number of unbranched alkanes of at least 4 members (excludes halogenated alkanes) is 14. The highest BCUT2D eigenvalue weighted by Crippen LogP contribution is 2.13. The van der Waals surface area contributed by atoms with E-state index < -0.39 is 0 Å². The number of thiol groups is 1. The van der Waals surface area contributed by atoms with E-state index in [-0.39, 0.29) is 6.67 Å². The standard InChI is InChI=1S/C17H35FS/c18-16-14-12-10-8-6-4-2-1-3-5-7-9-11-13-15-17-19/h19H,1-17H2. The lowest BCUT2D eigenvalue weighted by Crippen LogP contribution is -1.84. The van der Waals surface area contributed by atoms with E-state index in [9.17, 15) is 4.39 Å². The van der Waals surface area contributed by atoms with Crippen molar-refractivity contribution in [3.63, 3.8) is 0 Å². The summed E-state index contributed by atoms with van der Waals surface area (Å²) in [6, 6.07) is 0. The molecule has 0 atom stereocenters. The van der Waals surface area contributed by atoms with Crippen molar-refractivity contribution in [3.05, 3.63) is 0 Å². The minimum absolute atomic E-state index is 0.130. The number of hydrogen-bond donors (Lipinski definition) is 1. The summed E-state index contributed by atoms with van der Waals surface area (Å²) in [7, 11) is 0. The predicted octanol–water partition coefficient (Wildman–Crippen LogP) is 6.74. The molecule has 116 valence electrons. The Hall–Kier alpha value is 0.280. The van der Waals surface area contributed by atoms with Crippen LogP contribution in [0.15, 0.2) is 0 Å². The highest BCUT2D eigenvalue weighted by molar-refractivity contribution is 7.80. The highest BCUT2D eigenvalue weighted by atomic mass is 32.1. The molecule has 0 unspecified atom stereocenters. The third-order valence-corrected chi connectivity index (χ3v) is 4.11. The van der Waals surface area contributed by atoms with E-state index in [1.807, 2.05) is 0 Å². The van der Waals surface area contributed by atoms with E-state index in [0.717, 1.165) is 18.6 Å². The van der Waals surface area contributed by atoms with Gasteiger partial charge in [0.05, 0.1) is 6.67 Å². The van der Waals surface area contributed by atoms with Gasteiger partial charge in [0, 0.05) is 0 Å². The first-order valence-corrected chi connectivity index (χ1v) is 9.22. The summed E-state index contributed by atoms with van der Waals surface area (Å²) < 4.78 is 11.9. The largest absolute Gasteiger partial charge is 0.251 e. The lowest BCUT2D eigenvalue weighted by atomic mass is 10.0. The average molecular weight is 291 g/mol. The summed E-state index contributed by atoms with van der Waals surface area (Å²) in [5, 5.41) is 0. The zero-order valence-electron chi connectivity index (χ0n) is 12.8. The molecule has 0 bridgehead atoms. The SMILES string of the molecule is FCCCCCCCCCCCCCCCCCS. The van der Waals surface area contributed by atoms with Crippen molar-refractivity contribution in [1.82, 2.24) is 0 Å². The second-order valence-electron chi connectivity index (χ2n) is 5.72. The Kier molecular flexibility index (Phi) is 18.5. The Balaban J connectivity index is 2.88. The van der Waals surface area contributed by atoms with Gasteiger partial charge >= 0.3 is 0 Å². The minimum atomic E-state index is -0.130. The van der Waals surface area contributed by atoms with Gasteiger partial charge in [0.25, 0.3) is 0 Å². The van der Waals surface area contributed by atoms with Crippen LogP contribution >= 0.6 is 12.6 Å². The van der Waals surface area contributed by atoms with Crippen LogP contribution < -0.4 is 0 Å². The lowest BCUT2D eigenvalue weighted by Gasteiger charge is -2.03. The van der Waals surface area contributed by atoms with Crippen molar-refractivity contribution in [2.24, 2.45) is 0 Å². The molecule has 0 aromatic carbocycles. The average Bonchev–Trinajstić information content (AvgIpc) is 2.43. The molecule has 0 aliphatic heterocycles. The van der Waals surface area contributed by atoms with Crippen LogP contribution in [0, 0.1) is 0 Å². The van der Waals surface area contributed by atoms with Crippen LogP contribution in [-0.2, 0) is 0 Å². The molecule has 0 radical (unpaired) electrons. The first kappa shape index (κ1) is 19.3. The molecule has 0 aromatic rings. The molecule has 0 fully saturated rings. The van der Waals surface area contributed by atoms with Gasteiger partial charge in [0.1, 0.15) is 0 Å². The van der Waals surface area contributed by atoms with Crippen LogP contribution in [0.25, 0.3) is 0 Å². The van der Waals surface area contributed by atoms with Gasteiger partial charge in [-0.3, -0.25) is 4.39 Å². The Morgan fingerprint density at radius 2 is 0.684 bits per heavy atom. The summed E-state index contributed by atoms with van der Waals surface area (Å²) in [6.07, 6.45) is 19.7. The van der Waals surface area contributed by atoms with Gasteiger partial charge in [-0.1, -0.05) is 83.5 Å². The maximum atomic E-state index is 11.9. The minimum Gasteiger partial charge on any atom is -0.251 e. The van der Waals surface area contributed by atoms with E-state index in [0.29, 0.717) is 0 Å². The normalized spacial score (nSPS) is 11.1. The van der Waals surface area contributed by atoms with Crippen LogP contribution in [-0.4, -0.2) is 12.4 Å². The molecule has 0 aliphatic carbocycles. The van der Waals surface area contributed by atoms with Crippen LogP contribution in [0.1, 0.15) is 96.3 Å². The molecule has 0 N–H and O–H groups in total. The summed E-state index contributed by atoms with van der Waals surface area (Å²) in [5.41, 5.74) is 0. The fourth-order valence-electron chi connectivity index (χ4n) is 2.50. The van der Waals surface area contributed by atoms with Gasteiger partial charge in [0.2, 0.25) is 0 Å². The van der Waals surface area contributed by atoms with Gasteiger partial charge < -0.3 is 0 Å². The lowest BCUT2D eigenvalue weighted by molar-refractivity contribution is 0.448. The zero-order chi connectivity index (χ0) is 14.0. The number of alkyl halides is 1. The van der Waals surface area contributed by atoms with Crippen molar-refractivity contribution in [3.8, 4) is 0 Å². The maximum Gasteiger partial charge on any atom is 0.0894 e. The quantitative estimate of drug-likeness (QED) is 0.236. The third-order valence-electron chi connectivity index (χ3n) is 3.79. The van der Waals surface area contributed by atoms with Crippen molar-refractivity contribution in [2.45, 2.75) is 96.3 Å². The number of rotatable bonds is 16. The van der Waals surface area contributed by atoms with Gasteiger partial charge in [-0.2, -0.15) is 12.6 Å². The molecule has 0 aliphatic rings. The molecule has 2 heteroatoms. The molecule has 0 heterocycles. The summed E-state index contributed by atoms with van der Waals surface area (Å²) in [6.45, 7) is -0.130. The number of hydrogen-bond acceptors (Lipinski definition) is 1. The van der Waals surface area contributed by atoms with Crippen LogP contribution in [0.5, 0.6) is 0 Å². The van der Waals surface area contributed by atoms with Crippen LogP contribution in [0.4, 0.5) is 4.39 Å². The molecule has 0 saturated heterocycles. The third kappa shape index (κ3) is 18.3. The van der Waals surface area contributed by atoms with Crippen molar-refractivity contribution in [1.29, 1.82) is 0 Å². The second-order valence-corrected chi connectivity index (χ2v) is 6.16. The van der Waals surface area contributed by atoms with Gasteiger partial charge in [-0.05, 0) is 18.6 Å². The number of halogens is 1. The van der Waals surface area contributed by atoms with Gasteiger partial charge in [-0.25, -0.2) is 0 Å². The summed E-state index contributed by atoms with van der Waals surface area (Å²) in [4.78, 5) is 0. The molecule has 0 rings (SSSR count). The molecular weight excluding hydrogens is 255 g/mol. The molecule has 0 spiro atoms. The Morgan fingerprint density at radius 3 is 0.947 bits per heavy atom. The van der Waals surface area contributed by atoms with E-state index in [1.54, 1.807) is 0 Å². The molecular formula is C17H35FS. The summed E-state index contributed by atoms with van der Waals surface area (Å²) in [5.74, 6) is 1.05.